The number of nitriles is 1. The number of piperidine rings is 2. The minimum absolute atomic E-state index is 0.0128. The van der Waals surface area contributed by atoms with Crippen LogP contribution in [0.15, 0.2) is 67.0 Å². The Morgan fingerprint density at radius 2 is 1.67 bits per heavy atom. The van der Waals surface area contributed by atoms with Gasteiger partial charge in [-0.1, -0.05) is 11.6 Å². The van der Waals surface area contributed by atoms with Gasteiger partial charge in [0.1, 0.15) is 12.7 Å². The van der Waals surface area contributed by atoms with Crippen molar-refractivity contribution in [2.75, 3.05) is 67.6 Å². The van der Waals surface area contributed by atoms with Crippen molar-refractivity contribution in [2.24, 2.45) is 7.05 Å². The lowest BCUT2D eigenvalue weighted by molar-refractivity contribution is -0.140. The van der Waals surface area contributed by atoms with Crippen molar-refractivity contribution in [3.63, 3.8) is 0 Å². The summed E-state index contributed by atoms with van der Waals surface area (Å²) < 4.78 is 39.5. The summed E-state index contributed by atoms with van der Waals surface area (Å²) >= 11 is 6.29. The highest BCUT2D eigenvalue weighted by atomic mass is 35.5. The van der Waals surface area contributed by atoms with Gasteiger partial charge < -0.3 is 34.6 Å². The highest BCUT2D eigenvalue weighted by Crippen LogP contribution is 2.44. The molecule has 0 spiro atoms. The Balaban J connectivity index is 0.700. The number of carbonyl (C=O) groups is 3. The Hall–Kier alpha value is -6.51. The zero-order valence-corrected chi connectivity index (χ0v) is 42.7. The zero-order chi connectivity index (χ0) is 50.9. The third-order valence-electron chi connectivity index (χ3n) is 16.0. The van der Waals surface area contributed by atoms with Crippen LogP contribution in [0.1, 0.15) is 115 Å². The lowest BCUT2D eigenvalue weighted by atomic mass is 9.90. The number of carbonyl (C=O) groups excluding carboxylic acids is 3. The molecule has 6 heterocycles. The number of halogens is 3. The van der Waals surface area contributed by atoms with Crippen LogP contribution in [0.4, 0.5) is 31.7 Å². The minimum atomic E-state index is -2.69. The van der Waals surface area contributed by atoms with E-state index in [1.807, 2.05) is 52.3 Å². The molecule has 3 fully saturated rings. The second-order valence-electron chi connectivity index (χ2n) is 20.4. The van der Waals surface area contributed by atoms with Gasteiger partial charge in [0, 0.05) is 130 Å². The molecule has 2 aromatic heterocycles. The second kappa shape index (κ2) is 21.5. The number of nitrogens with zero attached hydrogens (tertiary/aromatic N) is 10. The molecule has 10 rings (SSSR count). The molecule has 73 heavy (non-hydrogen) atoms. The maximum absolute atomic E-state index is 14.8. The number of fused-ring (bicyclic) bond motifs is 2. The maximum Gasteiger partial charge on any atom is 0.264 e. The van der Waals surface area contributed by atoms with Gasteiger partial charge in [-0.25, -0.2) is 8.78 Å². The first kappa shape index (κ1) is 50.0. The first-order chi connectivity index (χ1) is 35.3. The third-order valence-corrected chi connectivity index (χ3v) is 16.3. The highest BCUT2D eigenvalue weighted by Gasteiger charge is 2.36. The fraction of sp³-hybridized carbons (Fsp3) is 0.491. The highest BCUT2D eigenvalue weighted by molar-refractivity contribution is 6.32. The van der Waals surface area contributed by atoms with Crippen LogP contribution in [0.3, 0.4) is 0 Å². The molecule has 18 heteroatoms. The second-order valence-corrected chi connectivity index (χ2v) is 20.8. The molecule has 1 saturated carbocycles. The molecule has 1 aliphatic carbocycles. The van der Waals surface area contributed by atoms with Crippen molar-refractivity contribution in [1.29, 1.82) is 5.26 Å². The Morgan fingerprint density at radius 1 is 0.918 bits per heavy atom. The maximum atomic E-state index is 14.8. The summed E-state index contributed by atoms with van der Waals surface area (Å²) in [6.07, 6.45) is 9.54. The van der Waals surface area contributed by atoms with Crippen LogP contribution in [-0.4, -0.2) is 118 Å². The minimum Gasteiger partial charge on any atom is -0.372 e. The Bertz CT molecular complexity index is 2880. The summed E-state index contributed by atoms with van der Waals surface area (Å²) in [7, 11) is 3.83. The van der Waals surface area contributed by atoms with Crippen molar-refractivity contribution in [1.82, 2.24) is 34.7 Å². The standard InChI is InChI=1S/C55H64ClF2N11O4/c1-35(70)67-26-20-50-48(33-67)54(68-21-4-5-37-27-46(39-31-60-63(2)32-39)47(53(57)58)29-51(37)68)62-69(50)43-16-22-66(23-17-43)52(71)34-73-45-18-24-65(25-19-45)42-11-6-36(7-12-42)55(72)61-40-9-14-41(15-10-40)64(3)44-13-8-38(30-59)49(56)28-44/h6-8,11-13,27-29,31-32,40-41,43,45,53H,4-5,9-10,14-26,33-34H2,1-3H3,(H,61,72). The van der Waals surface area contributed by atoms with E-state index in [2.05, 4.69) is 42.9 Å². The number of hydrogen-bond acceptors (Lipinski definition) is 10. The van der Waals surface area contributed by atoms with Gasteiger partial charge in [-0.3, -0.25) is 23.7 Å². The summed E-state index contributed by atoms with van der Waals surface area (Å²) in [6, 6.07) is 19.4. The van der Waals surface area contributed by atoms with Crippen LogP contribution in [0.2, 0.25) is 5.02 Å². The molecule has 1 N–H and O–H groups in total. The van der Waals surface area contributed by atoms with E-state index >= 15 is 0 Å². The predicted octanol–water partition coefficient (Wildman–Crippen LogP) is 8.76. The van der Waals surface area contributed by atoms with E-state index in [0.717, 1.165) is 104 Å². The lowest BCUT2D eigenvalue weighted by Crippen LogP contribution is -2.43. The van der Waals surface area contributed by atoms with Gasteiger partial charge in [0.2, 0.25) is 11.8 Å². The number of likely N-dealkylation sites (tertiary alicyclic amines) is 1. The Labute approximate surface area is 430 Å². The summed E-state index contributed by atoms with van der Waals surface area (Å²) in [5.74, 6) is 0.623. The normalized spacial score (nSPS) is 19.6. The fourth-order valence-corrected chi connectivity index (χ4v) is 11.9. The van der Waals surface area contributed by atoms with Gasteiger partial charge in [0.15, 0.2) is 5.82 Å². The number of ether oxygens (including phenoxy) is 1. The molecule has 2 saturated heterocycles. The van der Waals surface area contributed by atoms with E-state index in [9.17, 15) is 28.4 Å². The quantitative estimate of drug-likeness (QED) is 0.129. The molecule has 5 aromatic rings. The smallest absolute Gasteiger partial charge is 0.264 e. The van der Waals surface area contributed by atoms with Crippen LogP contribution in [0.25, 0.3) is 11.1 Å². The molecule has 384 valence electrons. The van der Waals surface area contributed by atoms with Crippen molar-refractivity contribution in [3.8, 4) is 17.2 Å². The number of anilines is 4. The van der Waals surface area contributed by atoms with Gasteiger partial charge >= 0.3 is 0 Å². The van der Waals surface area contributed by atoms with Crippen LogP contribution in [0.5, 0.6) is 0 Å². The lowest BCUT2D eigenvalue weighted by Gasteiger charge is -2.36. The summed E-state index contributed by atoms with van der Waals surface area (Å²) in [5.41, 5.74) is 7.99. The largest absolute Gasteiger partial charge is 0.372 e. The topological polar surface area (TPSA) is 148 Å². The Kier molecular flexibility index (Phi) is 14.8. The van der Waals surface area contributed by atoms with E-state index in [4.69, 9.17) is 21.4 Å². The molecule has 0 atom stereocenters. The van der Waals surface area contributed by atoms with Gasteiger partial charge in [-0.2, -0.15) is 15.5 Å². The van der Waals surface area contributed by atoms with Crippen molar-refractivity contribution >= 4 is 52.2 Å². The number of benzene rings is 3. The SMILES string of the molecule is CC(=O)N1CCc2c(c(N3CCCc4cc(-c5cnn(C)c5)c(C(F)F)cc43)nn2C2CCN(C(=O)COC3CCN(c4ccc(C(=O)NC5CCC(N(C)c6ccc(C#N)c(Cl)c6)CC5)cc4)CC3)CC2)C1. The van der Waals surface area contributed by atoms with Crippen LogP contribution in [-0.2, 0) is 40.8 Å². The first-order valence-corrected chi connectivity index (χ1v) is 26.2. The van der Waals surface area contributed by atoms with Gasteiger partial charge in [-0.15, -0.1) is 0 Å². The molecule has 5 aliphatic rings. The number of nitrogens with one attached hydrogen (secondary N) is 1. The van der Waals surface area contributed by atoms with E-state index in [-0.39, 0.29) is 48.1 Å². The van der Waals surface area contributed by atoms with E-state index in [1.165, 1.54) is 0 Å². The molecule has 3 aromatic carbocycles. The van der Waals surface area contributed by atoms with Crippen LogP contribution >= 0.6 is 11.6 Å². The molecule has 0 bridgehead atoms. The molecular formula is C55H64ClF2N11O4. The van der Waals surface area contributed by atoms with Crippen LogP contribution < -0.4 is 20.0 Å². The summed E-state index contributed by atoms with van der Waals surface area (Å²) in [4.78, 5) is 49.9. The van der Waals surface area contributed by atoms with Gasteiger partial charge in [0.25, 0.3) is 12.3 Å². The third kappa shape index (κ3) is 10.6. The number of alkyl halides is 2. The number of aromatic nitrogens is 4. The van der Waals surface area contributed by atoms with Gasteiger partial charge in [0.05, 0.1) is 35.5 Å². The van der Waals surface area contributed by atoms with Crippen molar-refractivity contribution < 1.29 is 27.9 Å². The number of hydrogen-bond donors (Lipinski definition) is 1. The molecule has 15 nitrogen and oxygen atoms in total. The number of rotatable bonds is 12. The number of aryl methyl sites for hydroxylation is 2. The average Bonchev–Trinajstić information content (AvgIpc) is 4.03. The van der Waals surface area contributed by atoms with E-state index in [0.29, 0.717) is 85.3 Å². The zero-order valence-electron chi connectivity index (χ0n) is 41.9. The van der Waals surface area contributed by atoms with Crippen molar-refractivity contribution in [2.45, 2.75) is 115 Å². The van der Waals surface area contributed by atoms with Crippen molar-refractivity contribution in [3.05, 3.63) is 106 Å². The van der Waals surface area contributed by atoms with E-state index in [1.54, 1.807) is 43.2 Å². The van der Waals surface area contributed by atoms with E-state index < -0.39 is 6.43 Å². The molecule has 0 unspecified atom stereocenters. The summed E-state index contributed by atoms with van der Waals surface area (Å²) in [5, 5.41) is 22.4. The van der Waals surface area contributed by atoms with Crippen LogP contribution in [0, 0.1) is 11.3 Å². The molecule has 0 radical (unpaired) electrons. The molecular weight excluding hydrogens is 952 g/mol. The molecule has 4 aliphatic heterocycles. The fourth-order valence-electron chi connectivity index (χ4n) is 11.7. The first-order valence-electron chi connectivity index (χ1n) is 25.9. The monoisotopic (exact) mass is 1020 g/mol. The summed E-state index contributed by atoms with van der Waals surface area (Å²) in [6.45, 7) is 5.92. The number of amides is 3. The average molecular weight is 1020 g/mol. The predicted molar refractivity (Wildman–Crippen MR) is 277 cm³/mol. The Morgan fingerprint density at radius 3 is 2.34 bits per heavy atom. The molecule has 3 amide bonds. The van der Waals surface area contributed by atoms with Gasteiger partial charge in [-0.05, 0) is 130 Å².